The van der Waals surface area contributed by atoms with Gasteiger partial charge >= 0.3 is 5.97 Å². The van der Waals surface area contributed by atoms with E-state index in [1.165, 1.54) is 0 Å². The summed E-state index contributed by atoms with van der Waals surface area (Å²) in [5.41, 5.74) is 2.15. The van der Waals surface area contributed by atoms with Crippen LogP contribution >= 0.6 is 0 Å². The predicted octanol–water partition coefficient (Wildman–Crippen LogP) is 2.60. The summed E-state index contributed by atoms with van der Waals surface area (Å²) in [6.45, 7) is 4.57. The molecule has 1 aliphatic heterocycles. The minimum Gasteiger partial charge on any atom is -0.494 e. The van der Waals surface area contributed by atoms with Crippen molar-refractivity contribution in [2.24, 2.45) is 5.92 Å². The maximum absolute atomic E-state index is 11.0. The molecule has 0 radical (unpaired) electrons. The SMILES string of the molecule is CCOc1cc2c(cc1[C@H]1C[C@@H]1C(=O)O)O[C@H](C)C2. The van der Waals surface area contributed by atoms with Crippen molar-refractivity contribution in [3.8, 4) is 11.5 Å². The summed E-state index contributed by atoms with van der Waals surface area (Å²) in [5.74, 6) is 0.803. The second-order valence-corrected chi connectivity index (χ2v) is 5.35. The standard InChI is InChI=1S/C15H18O4/c1-3-18-14-5-9-4-8(2)19-13(9)7-11(14)10-6-12(10)15(16)17/h5,7-8,10,12H,3-4,6H2,1-2H3,(H,16,17)/t8-,10-,12+/m1/s1. The number of hydrogen-bond donors (Lipinski definition) is 1. The molecule has 1 fully saturated rings. The Hall–Kier alpha value is -1.71. The number of ether oxygens (including phenoxy) is 2. The highest BCUT2D eigenvalue weighted by molar-refractivity contribution is 5.76. The molecular weight excluding hydrogens is 244 g/mol. The van der Waals surface area contributed by atoms with Crippen molar-refractivity contribution in [3.05, 3.63) is 23.3 Å². The molecule has 1 N–H and O–H groups in total. The van der Waals surface area contributed by atoms with E-state index >= 15 is 0 Å². The van der Waals surface area contributed by atoms with Gasteiger partial charge in [-0.05, 0) is 32.4 Å². The number of carboxylic acids is 1. The number of fused-ring (bicyclic) bond motifs is 1. The van der Waals surface area contributed by atoms with E-state index in [1.807, 2.05) is 26.0 Å². The van der Waals surface area contributed by atoms with Gasteiger partial charge in [0.25, 0.3) is 0 Å². The molecule has 102 valence electrons. The molecule has 3 atom stereocenters. The van der Waals surface area contributed by atoms with Gasteiger partial charge in [-0.15, -0.1) is 0 Å². The minimum absolute atomic E-state index is 0.0730. The Morgan fingerprint density at radius 1 is 1.53 bits per heavy atom. The zero-order valence-electron chi connectivity index (χ0n) is 11.2. The first-order chi connectivity index (χ1) is 9.10. The summed E-state index contributed by atoms with van der Waals surface area (Å²) >= 11 is 0. The zero-order chi connectivity index (χ0) is 13.6. The fraction of sp³-hybridized carbons (Fsp3) is 0.533. The van der Waals surface area contributed by atoms with Crippen LogP contribution in [0.15, 0.2) is 12.1 Å². The maximum Gasteiger partial charge on any atom is 0.307 e. The molecule has 0 aromatic heterocycles. The summed E-state index contributed by atoms with van der Waals surface area (Å²) in [7, 11) is 0. The van der Waals surface area contributed by atoms with Crippen LogP contribution in [0.3, 0.4) is 0 Å². The Kier molecular flexibility index (Phi) is 2.88. The molecule has 1 aliphatic carbocycles. The smallest absolute Gasteiger partial charge is 0.307 e. The second-order valence-electron chi connectivity index (χ2n) is 5.35. The van der Waals surface area contributed by atoms with Crippen LogP contribution in [0, 0.1) is 5.92 Å². The number of benzene rings is 1. The minimum atomic E-state index is -0.720. The van der Waals surface area contributed by atoms with Gasteiger partial charge in [0, 0.05) is 23.5 Å². The molecule has 3 rings (SSSR count). The van der Waals surface area contributed by atoms with Crippen LogP contribution in [-0.4, -0.2) is 23.8 Å². The highest BCUT2D eigenvalue weighted by Crippen LogP contribution is 2.52. The third kappa shape index (κ3) is 2.15. The lowest BCUT2D eigenvalue weighted by Crippen LogP contribution is -2.05. The van der Waals surface area contributed by atoms with Crippen molar-refractivity contribution in [2.45, 2.75) is 38.7 Å². The lowest BCUT2D eigenvalue weighted by Gasteiger charge is -2.12. The molecule has 1 heterocycles. The molecule has 1 saturated carbocycles. The largest absolute Gasteiger partial charge is 0.494 e. The Morgan fingerprint density at radius 3 is 2.95 bits per heavy atom. The van der Waals surface area contributed by atoms with Crippen molar-refractivity contribution in [2.75, 3.05) is 6.61 Å². The first-order valence-corrected chi connectivity index (χ1v) is 6.79. The first-order valence-electron chi connectivity index (χ1n) is 6.79. The van der Waals surface area contributed by atoms with Gasteiger partial charge in [0.15, 0.2) is 0 Å². The highest BCUT2D eigenvalue weighted by Gasteiger charge is 2.46. The number of hydrogen-bond acceptors (Lipinski definition) is 3. The molecule has 4 heteroatoms. The molecule has 0 unspecified atom stereocenters. The summed E-state index contributed by atoms with van der Waals surface area (Å²) < 4.78 is 11.4. The van der Waals surface area contributed by atoms with Gasteiger partial charge in [0.1, 0.15) is 17.6 Å². The molecular formula is C15H18O4. The summed E-state index contributed by atoms with van der Waals surface area (Å²) in [4.78, 5) is 11.0. The van der Waals surface area contributed by atoms with Crippen LogP contribution in [-0.2, 0) is 11.2 Å². The fourth-order valence-electron chi connectivity index (χ4n) is 2.84. The number of rotatable bonds is 4. The molecule has 0 spiro atoms. The van der Waals surface area contributed by atoms with Crippen LogP contribution in [0.5, 0.6) is 11.5 Å². The van der Waals surface area contributed by atoms with Crippen LogP contribution in [0.25, 0.3) is 0 Å². The van der Waals surface area contributed by atoms with Gasteiger partial charge in [-0.2, -0.15) is 0 Å². The monoisotopic (exact) mass is 262 g/mol. The molecule has 4 nitrogen and oxygen atoms in total. The Labute approximate surface area is 112 Å². The van der Waals surface area contributed by atoms with Crippen molar-refractivity contribution >= 4 is 5.97 Å². The maximum atomic E-state index is 11.0. The topological polar surface area (TPSA) is 55.8 Å². The molecule has 19 heavy (non-hydrogen) atoms. The van der Waals surface area contributed by atoms with E-state index in [0.717, 1.165) is 29.0 Å². The highest BCUT2D eigenvalue weighted by atomic mass is 16.5. The van der Waals surface area contributed by atoms with E-state index in [-0.39, 0.29) is 17.9 Å². The lowest BCUT2D eigenvalue weighted by molar-refractivity contribution is -0.138. The van der Waals surface area contributed by atoms with Gasteiger partial charge in [0.2, 0.25) is 0 Å². The van der Waals surface area contributed by atoms with E-state index in [4.69, 9.17) is 14.6 Å². The van der Waals surface area contributed by atoms with E-state index in [9.17, 15) is 4.79 Å². The van der Waals surface area contributed by atoms with E-state index in [2.05, 4.69) is 0 Å². The normalized spacial score (nSPS) is 27.6. The Bertz CT molecular complexity index is 523. The van der Waals surface area contributed by atoms with Gasteiger partial charge in [-0.1, -0.05) is 0 Å². The van der Waals surface area contributed by atoms with Gasteiger partial charge in [0.05, 0.1) is 12.5 Å². The van der Waals surface area contributed by atoms with Crippen molar-refractivity contribution < 1.29 is 19.4 Å². The Morgan fingerprint density at radius 2 is 2.32 bits per heavy atom. The second kappa shape index (κ2) is 4.44. The number of carbonyl (C=O) groups is 1. The van der Waals surface area contributed by atoms with Crippen LogP contribution in [0.4, 0.5) is 0 Å². The number of carboxylic acid groups (broad SMARTS) is 1. The fourth-order valence-corrected chi connectivity index (χ4v) is 2.84. The molecule has 0 saturated heterocycles. The van der Waals surface area contributed by atoms with Crippen molar-refractivity contribution in [1.82, 2.24) is 0 Å². The van der Waals surface area contributed by atoms with Gasteiger partial charge in [-0.25, -0.2) is 0 Å². The predicted molar refractivity (Wildman–Crippen MR) is 69.9 cm³/mol. The van der Waals surface area contributed by atoms with E-state index in [1.54, 1.807) is 0 Å². The third-order valence-corrected chi connectivity index (χ3v) is 3.84. The van der Waals surface area contributed by atoms with Crippen molar-refractivity contribution in [1.29, 1.82) is 0 Å². The molecule has 0 amide bonds. The quantitative estimate of drug-likeness (QED) is 0.906. The molecule has 1 aromatic carbocycles. The van der Waals surface area contributed by atoms with Gasteiger partial charge < -0.3 is 14.6 Å². The van der Waals surface area contributed by atoms with Crippen molar-refractivity contribution in [3.63, 3.8) is 0 Å². The van der Waals surface area contributed by atoms with E-state index in [0.29, 0.717) is 13.0 Å². The third-order valence-electron chi connectivity index (χ3n) is 3.84. The molecule has 2 aliphatic rings. The zero-order valence-corrected chi connectivity index (χ0v) is 11.2. The lowest BCUT2D eigenvalue weighted by atomic mass is 10.0. The van der Waals surface area contributed by atoms with Gasteiger partial charge in [-0.3, -0.25) is 4.79 Å². The summed E-state index contributed by atoms with van der Waals surface area (Å²) in [6.07, 6.45) is 1.78. The Balaban J connectivity index is 1.94. The van der Waals surface area contributed by atoms with Crippen LogP contribution < -0.4 is 9.47 Å². The average molecular weight is 262 g/mol. The van der Waals surface area contributed by atoms with Crippen LogP contribution in [0.1, 0.15) is 37.3 Å². The van der Waals surface area contributed by atoms with E-state index < -0.39 is 5.97 Å². The molecule has 0 bridgehead atoms. The average Bonchev–Trinajstić information content (AvgIpc) is 3.05. The van der Waals surface area contributed by atoms with Crippen LogP contribution in [0.2, 0.25) is 0 Å². The summed E-state index contributed by atoms with van der Waals surface area (Å²) in [5, 5.41) is 9.07. The molecule has 1 aromatic rings. The first kappa shape index (κ1) is 12.3. The number of aliphatic carboxylic acids is 1. The summed E-state index contributed by atoms with van der Waals surface area (Å²) in [6, 6.07) is 4.01.